The van der Waals surface area contributed by atoms with E-state index in [2.05, 4.69) is 13.2 Å². The third-order valence-corrected chi connectivity index (χ3v) is 3.30. The van der Waals surface area contributed by atoms with Gasteiger partial charge in [-0.2, -0.15) is 0 Å². The van der Waals surface area contributed by atoms with Crippen LogP contribution in [0.5, 0.6) is 0 Å². The highest BCUT2D eigenvalue weighted by molar-refractivity contribution is 5.87. The standard InChI is InChI=1S/C11H16O5.C9H12O2/c1-7(2)10(13)15-6-9(5-12)16-11(14)8(3)4;1-2-9(10,11)8-6-4-3-5-7-8/h9,12H,1,3,5-6H2,2,4H3;3-7,10-11H,2H2,1H3. The van der Waals surface area contributed by atoms with E-state index in [1.54, 1.807) is 31.2 Å². The van der Waals surface area contributed by atoms with E-state index in [1.165, 1.54) is 13.8 Å². The third kappa shape index (κ3) is 9.69. The first-order valence-corrected chi connectivity index (χ1v) is 8.35. The molecule has 150 valence electrons. The molecule has 0 fully saturated rings. The predicted molar refractivity (Wildman–Crippen MR) is 100 cm³/mol. The van der Waals surface area contributed by atoms with Crippen molar-refractivity contribution in [2.75, 3.05) is 13.2 Å². The molecule has 0 saturated heterocycles. The van der Waals surface area contributed by atoms with Crippen LogP contribution < -0.4 is 0 Å². The van der Waals surface area contributed by atoms with Gasteiger partial charge in [-0.15, -0.1) is 0 Å². The van der Waals surface area contributed by atoms with Crippen molar-refractivity contribution in [1.29, 1.82) is 0 Å². The van der Waals surface area contributed by atoms with Gasteiger partial charge < -0.3 is 24.8 Å². The number of hydrogen-bond donors (Lipinski definition) is 3. The Labute approximate surface area is 159 Å². The van der Waals surface area contributed by atoms with E-state index >= 15 is 0 Å². The van der Waals surface area contributed by atoms with E-state index in [0.717, 1.165) is 0 Å². The number of carbonyl (C=O) groups is 2. The lowest BCUT2D eigenvalue weighted by molar-refractivity contribution is -0.171. The van der Waals surface area contributed by atoms with Crippen LogP contribution in [-0.4, -0.2) is 46.6 Å². The zero-order valence-electron chi connectivity index (χ0n) is 16.0. The molecular formula is C20H28O7. The van der Waals surface area contributed by atoms with Gasteiger partial charge in [-0.3, -0.25) is 0 Å². The van der Waals surface area contributed by atoms with Crippen LogP contribution in [0, 0.1) is 0 Å². The highest BCUT2D eigenvalue weighted by Crippen LogP contribution is 2.20. The van der Waals surface area contributed by atoms with Crippen LogP contribution in [0.1, 0.15) is 32.8 Å². The first-order valence-electron chi connectivity index (χ1n) is 8.35. The first kappa shape index (κ1) is 24.5. The zero-order chi connectivity index (χ0) is 21.0. The fourth-order valence-electron chi connectivity index (χ4n) is 1.58. The smallest absolute Gasteiger partial charge is 0.333 e. The van der Waals surface area contributed by atoms with E-state index in [9.17, 15) is 19.8 Å². The van der Waals surface area contributed by atoms with Gasteiger partial charge in [0.1, 0.15) is 6.61 Å². The maximum absolute atomic E-state index is 11.1. The fourth-order valence-corrected chi connectivity index (χ4v) is 1.58. The highest BCUT2D eigenvalue weighted by Gasteiger charge is 2.21. The summed E-state index contributed by atoms with van der Waals surface area (Å²) in [6, 6.07) is 8.81. The summed E-state index contributed by atoms with van der Waals surface area (Å²) in [6.07, 6.45) is -0.579. The minimum atomic E-state index is -1.67. The van der Waals surface area contributed by atoms with Crippen LogP contribution in [0.3, 0.4) is 0 Å². The van der Waals surface area contributed by atoms with Crippen LogP contribution in [0.25, 0.3) is 0 Å². The van der Waals surface area contributed by atoms with Crippen molar-refractivity contribution in [2.45, 2.75) is 39.1 Å². The summed E-state index contributed by atoms with van der Waals surface area (Å²) in [6.45, 7) is 10.8. The molecule has 0 bridgehead atoms. The number of esters is 2. The summed E-state index contributed by atoms with van der Waals surface area (Å²) in [5, 5.41) is 27.6. The topological polar surface area (TPSA) is 113 Å². The largest absolute Gasteiger partial charge is 0.458 e. The van der Waals surface area contributed by atoms with Crippen LogP contribution in [0.4, 0.5) is 0 Å². The Morgan fingerprint density at radius 2 is 1.59 bits per heavy atom. The van der Waals surface area contributed by atoms with Gasteiger partial charge in [0.15, 0.2) is 11.9 Å². The van der Waals surface area contributed by atoms with E-state index in [-0.39, 0.29) is 17.8 Å². The fraction of sp³-hybridized carbons (Fsp3) is 0.400. The Bertz CT molecular complexity index is 635. The lowest BCUT2D eigenvalue weighted by atomic mass is 10.0. The van der Waals surface area contributed by atoms with Crippen molar-refractivity contribution < 1.29 is 34.4 Å². The molecule has 27 heavy (non-hydrogen) atoms. The summed E-state index contributed by atoms with van der Waals surface area (Å²) < 4.78 is 9.53. The maximum Gasteiger partial charge on any atom is 0.333 e. The van der Waals surface area contributed by atoms with Crippen LogP contribution in [-0.2, 0) is 24.8 Å². The number of ether oxygens (including phenoxy) is 2. The molecule has 0 aliphatic carbocycles. The van der Waals surface area contributed by atoms with Gasteiger partial charge in [-0.1, -0.05) is 50.4 Å². The molecule has 1 aromatic carbocycles. The number of carbonyl (C=O) groups excluding carboxylic acids is 2. The van der Waals surface area contributed by atoms with Crippen LogP contribution in [0.2, 0.25) is 0 Å². The summed E-state index contributed by atoms with van der Waals surface area (Å²) in [4.78, 5) is 22.1. The molecule has 1 unspecified atom stereocenters. The lowest BCUT2D eigenvalue weighted by Crippen LogP contribution is -2.28. The minimum Gasteiger partial charge on any atom is -0.458 e. The summed E-state index contributed by atoms with van der Waals surface area (Å²) in [5.74, 6) is -2.89. The normalized spacial score (nSPS) is 11.5. The summed E-state index contributed by atoms with van der Waals surface area (Å²) in [7, 11) is 0. The predicted octanol–water partition coefficient (Wildman–Crippen LogP) is 1.82. The molecule has 3 N–H and O–H groups in total. The second-order valence-electron chi connectivity index (χ2n) is 5.91. The van der Waals surface area contributed by atoms with Crippen molar-refractivity contribution in [3.05, 3.63) is 60.2 Å². The Morgan fingerprint density at radius 3 is 2.00 bits per heavy atom. The van der Waals surface area contributed by atoms with Gasteiger partial charge in [0.2, 0.25) is 0 Å². The zero-order valence-corrected chi connectivity index (χ0v) is 16.0. The van der Waals surface area contributed by atoms with E-state index in [4.69, 9.17) is 14.6 Å². The van der Waals surface area contributed by atoms with Gasteiger partial charge in [0.05, 0.1) is 6.61 Å². The average molecular weight is 380 g/mol. The number of aliphatic hydroxyl groups excluding tert-OH is 1. The molecule has 0 spiro atoms. The van der Waals surface area contributed by atoms with E-state index < -0.39 is 30.4 Å². The Morgan fingerprint density at radius 1 is 1.07 bits per heavy atom. The maximum atomic E-state index is 11.1. The molecule has 0 heterocycles. The van der Waals surface area contributed by atoms with Crippen molar-refractivity contribution in [1.82, 2.24) is 0 Å². The lowest BCUT2D eigenvalue weighted by Gasteiger charge is -2.19. The summed E-state index contributed by atoms with van der Waals surface area (Å²) in [5.41, 5.74) is 0.995. The molecule has 0 aliphatic rings. The van der Waals surface area contributed by atoms with Crippen molar-refractivity contribution >= 4 is 11.9 Å². The molecule has 0 saturated carbocycles. The molecule has 7 heteroatoms. The van der Waals surface area contributed by atoms with Gasteiger partial charge >= 0.3 is 11.9 Å². The second-order valence-corrected chi connectivity index (χ2v) is 5.91. The third-order valence-electron chi connectivity index (χ3n) is 3.30. The molecule has 7 nitrogen and oxygen atoms in total. The number of rotatable bonds is 8. The molecule has 1 aromatic rings. The summed E-state index contributed by atoms with van der Waals surface area (Å²) >= 11 is 0. The van der Waals surface area contributed by atoms with Crippen molar-refractivity contribution in [2.24, 2.45) is 0 Å². The van der Waals surface area contributed by atoms with E-state index in [0.29, 0.717) is 12.0 Å². The molecule has 0 radical (unpaired) electrons. The number of aliphatic hydroxyl groups is 3. The van der Waals surface area contributed by atoms with Gasteiger partial charge in [0, 0.05) is 23.1 Å². The average Bonchev–Trinajstić information content (AvgIpc) is 2.65. The van der Waals surface area contributed by atoms with Crippen molar-refractivity contribution in [3.8, 4) is 0 Å². The molecule has 0 amide bonds. The number of hydrogen-bond acceptors (Lipinski definition) is 7. The molecular weight excluding hydrogens is 352 g/mol. The second kappa shape index (κ2) is 12.0. The Balaban J connectivity index is 0.000000533. The van der Waals surface area contributed by atoms with Crippen molar-refractivity contribution in [3.63, 3.8) is 0 Å². The van der Waals surface area contributed by atoms with Gasteiger partial charge in [-0.25, -0.2) is 9.59 Å². The monoisotopic (exact) mass is 380 g/mol. The Kier molecular flexibility index (Phi) is 10.9. The quantitative estimate of drug-likeness (QED) is 0.358. The molecule has 1 atom stereocenters. The highest BCUT2D eigenvalue weighted by atomic mass is 16.6. The van der Waals surface area contributed by atoms with Crippen LogP contribution >= 0.6 is 0 Å². The van der Waals surface area contributed by atoms with Gasteiger partial charge in [0.25, 0.3) is 0 Å². The molecule has 0 aromatic heterocycles. The molecule has 1 rings (SSSR count). The minimum absolute atomic E-state index is 0.207. The molecule has 0 aliphatic heterocycles. The van der Waals surface area contributed by atoms with Crippen LogP contribution in [0.15, 0.2) is 54.6 Å². The number of benzene rings is 1. The SMILES string of the molecule is C=C(C)C(=O)OCC(CO)OC(=O)C(=C)C.CCC(O)(O)c1ccccc1. The van der Waals surface area contributed by atoms with E-state index in [1.807, 2.05) is 6.07 Å². The van der Waals surface area contributed by atoms with Gasteiger partial charge in [-0.05, 0) is 13.8 Å². The Hall–Kier alpha value is -2.48. The first-order chi connectivity index (χ1) is 12.5.